The Kier molecular flexibility index (Phi) is 3.83. The Labute approximate surface area is 125 Å². The molecule has 1 heterocycles. The molecule has 0 saturated carbocycles. The average molecular weight is 301 g/mol. The maximum absolute atomic E-state index is 12.1. The van der Waals surface area contributed by atoms with Gasteiger partial charge in [0.1, 0.15) is 0 Å². The molecule has 0 bridgehead atoms. The Bertz CT molecular complexity index is 753. The molecule has 2 aromatic carbocycles. The van der Waals surface area contributed by atoms with Crippen LogP contribution in [0.2, 0.25) is 0 Å². The lowest BCUT2D eigenvalue weighted by Crippen LogP contribution is -2.29. The average Bonchev–Trinajstić information content (AvgIpc) is 2.47. The molecule has 3 rings (SSSR count). The zero-order valence-electron chi connectivity index (χ0n) is 12.0. The number of aryl methyl sites for hydroxylation is 1. The van der Waals surface area contributed by atoms with Gasteiger partial charge in [-0.05, 0) is 30.5 Å². The van der Waals surface area contributed by atoms with Crippen LogP contribution in [0.3, 0.4) is 0 Å². The van der Waals surface area contributed by atoms with Crippen molar-refractivity contribution in [2.75, 3.05) is 5.75 Å². The fourth-order valence-electron chi connectivity index (χ4n) is 2.87. The second-order valence-electron chi connectivity index (χ2n) is 5.57. The Morgan fingerprint density at radius 1 is 1.14 bits per heavy atom. The molecule has 0 saturated heterocycles. The van der Waals surface area contributed by atoms with Crippen LogP contribution >= 0.6 is 0 Å². The van der Waals surface area contributed by atoms with E-state index in [9.17, 15) is 8.42 Å². The molecular formula is C17H19NO2S. The van der Waals surface area contributed by atoms with E-state index in [2.05, 4.69) is 30.4 Å². The van der Waals surface area contributed by atoms with Crippen molar-refractivity contribution in [3.05, 3.63) is 65.2 Å². The molecule has 0 spiro atoms. The van der Waals surface area contributed by atoms with Crippen LogP contribution < -0.4 is 5.32 Å². The second-order valence-corrected chi connectivity index (χ2v) is 7.65. The van der Waals surface area contributed by atoms with Crippen LogP contribution in [0.15, 0.2) is 53.4 Å². The van der Waals surface area contributed by atoms with Gasteiger partial charge in [-0.15, -0.1) is 0 Å². The van der Waals surface area contributed by atoms with Crippen LogP contribution in [0.5, 0.6) is 0 Å². The van der Waals surface area contributed by atoms with E-state index >= 15 is 0 Å². The van der Waals surface area contributed by atoms with Crippen LogP contribution in [0.1, 0.15) is 29.2 Å². The van der Waals surface area contributed by atoms with Gasteiger partial charge < -0.3 is 5.32 Å². The summed E-state index contributed by atoms with van der Waals surface area (Å²) in [5, 5.41) is 3.49. The van der Waals surface area contributed by atoms with Crippen molar-refractivity contribution in [2.45, 2.75) is 30.8 Å². The minimum absolute atomic E-state index is 0.102. The van der Waals surface area contributed by atoms with Crippen LogP contribution in [-0.4, -0.2) is 14.2 Å². The van der Waals surface area contributed by atoms with Crippen molar-refractivity contribution in [1.82, 2.24) is 5.32 Å². The van der Waals surface area contributed by atoms with E-state index < -0.39 is 9.84 Å². The van der Waals surface area contributed by atoms with Crippen molar-refractivity contribution < 1.29 is 8.42 Å². The van der Waals surface area contributed by atoms with Crippen LogP contribution in [-0.2, 0) is 16.4 Å². The van der Waals surface area contributed by atoms with E-state index in [-0.39, 0.29) is 11.8 Å². The third kappa shape index (κ3) is 3.01. The number of nitrogens with one attached hydrogen (secondary N) is 1. The van der Waals surface area contributed by atoms with Crippen LogP contribution in [0.4, 0.5) is 0 Å². The Balaban J connectivity index is 1.81. The maximum Gasteiger partial charge on any atom is 0.178 e. The molecule has 2 aromatic rings. The topological polar surface area (TPSA) is 46.2 Å². The summed E-state index contributed by atoms with van der Waals surface area (Å²) in [5.41, 5.74) is 3.36. The number of hydrogen-bond acceptors (Lipinski definition) is 3. The highest BCUT2D eigenvalue weighted by atomic mass is 32.2. The third-order valence-corrected chi connectivity index (χ3v) is 5.75. The molecule has 0 fully saturated rings. The Hall–Kier alpha value is -1.65. The van der Waals surface area contributed by atoms with Gasteiger partial charge in [-0.1, -0.05) is 48.0 Å². The van der Waals surface area contributed by atoms with Gasteiger partial charge in [0.05, 0.1) is 10.6 Å². The first-order valence-corrected chi connectivity index (χ1v) is 8.82. The zero-order chi connectivity index (χ0) is 14.9. The highest BCUT2D eigenvalue weighted by Gasteiger charge is 2.29. The molecule has 0 aliphatic carbocycles. The smallest absolute Gasteiger partial charge is 0.178 e. The largest absolute Gasteiger partial charge is 0.306 e. The normalized spacial score (nSPS) is 20.0. The SMILES string of the molecule is Cc1cccc(CNC2CCS(=O)(=O)c3ccccc32)c1. The van der Waals surface area contributed by atoms with E-state index in [4.69, 9.17) is 0 Å². The van der Waals surface area contributed by atoms with Gasteiger partial charge in [0, 0.05) is 12.6 Å². The Morgan fingerprint density at radius 2 is 1.95 bits per heavy atom. The number of fused-ring (bicyclic) bond motifs is 1. The van der Waals surface area contributed by atoms with Crippen molar-refractivity contribution in [2.24, 2.45) is 0 Å². The van der Waals surface area contributed by atoms with E-state index in [0.29, 0.717) is 11.3 Å². The maximum atomic E-state index is 12.1. The second kappa shape index (κ2) is 5.62. The van der Waals surface area contributed by atoms with Gasteiger partial charge in [0.15, 0.2) is 9.84 Å². The lowest BCUT2D eigenvalue weighted by molar-refractivity contribution is 0.491. The summed E-state index contributed by atoms with van der Waals surface area (Å²) in [5.74, 6) is 0.218. The molecule has 0 amide bonds. The number of rotatable bonds is 3. The van der Waals surface area contributed by atoms with Gasteiger partial charge in [0.2, 0.25) is 0 Å². The first-order valence-electron chi connectivity index (χ1n) is 7.17. The van der Waals surface area contributed by atoms with Crippen LogP contribution in [0, 0.1) is 6.92 Å². The fraction of sp³-hybridized carbons (Fsp3) is 0.294. The monoisotopic (exact) mass is 301 g/mol. The molecule has 4 heteroatoms. The first kappa shape index (κ1) is 14.3. The van der Waals surface area contributed by atoms with Gasteiger partial charge >= 0.3 is 0 Å². The molecule has 0 radical (unpaired) electrons. The summed E-state index contributed by atoms with van der Waals surface area (Å²) >= 11 is 0. The highest BCUT2D eigenvalue weighted by molar-refractivity contribution is 7.91. The number of sulfone groups is 1. The lowest BCUT2D eigenvalue weighted by Gasteiger charge is -2.26. The molecule has 1 aliphatic heterocycles. The standard InChI is InChI=1S/C17H19NO2S/c1-13-5-4-6-14(11-13)12-18-16-9-10-21(19,20)17-8-3-2-7-15(16)17/h2-8,11,16,18H,9-10,12H2,1H3. The minimum atomic E-state index is -3.10. The van der Waals surface area contributed by atoms with Gasteiger partial charge in [0.25, 0.3) is 0 Å². The minimum Gasteiger partial charge on any atom is -0.306 e. The van der Waals surface area contributed by atoms with Crippen molar-refractivity contribution in [1.29, 1.82) is 0 Å². The predicted octanol–water partition coefficient (Wildman–Crippen LogP) is 3.00. The molecular weight excluding hydrogens is 282 g/mol. The summed E-state index contributed by atoms with van der Waals surface area (Å²) in [4.78, 5) is 0.484. The lowest BCUT2D eigenvalue weighted by atomic mass is 10.0. The highest BCUT2D eigenvalue weighted by Crippen LogP contribution is 2.32. The summed E-state index contributed by atoms with van der Waals surface area (Å²) in [7, 11) is -3.10. The Morgan fingerprint density at radius 3 is 2.76 bits per heavy atom. The summed E-state index contributed by atoms with van der Waals surface area (Å²) in [6.07, 6.45) is 0.630. The quantitative estimate of drug-likeness (QED) is 0.948. The van der Waals surface area contributed by atoms with Gasteiger partial charge in [-0.2, -0.15) is 0 Å². The van der Waals surface area contributed by atoms with Crippen LogP contribution in [0.25, 0.3) is 0 Å². The van der Waals surface area contributed by atoms with E-state index in [1.54, 1.807) is 12.1 Å². The third-order valence-electron chi connectivity index (χ3n) is 3.94. The molecule has 1 unspecified atom stereocenters. The summed E-state index contributed by atoms with van der Waals surface area (Å²) in [6, 6.07) is 15.8. The molecule has 21 heavy (non-hydrogen) atoms. The zero-order valence-corrected chi connectivity index (χ0v) is 12.9. The molecule has 3 nitrogen and oxygen atoms in total. The van der Waals surface area contributed by atoms with Crippen molar-refractivity contribution in [3.63, 3.8) is 0 Å². The molecule has 0 aromatic heterocycles. The number of hydrogen-bond donors (Lipinski definition) is 1. The molecule has 110 valence electrons. The predicted molar refractivity (Wildman–Crippen MR) is 83.9 cm³/mol. The number of benzene rings is 2. The fourth-order valence-corrected chi connectivity index (χ4v) is 4.49. The first-order chi connectivity index (χ1) is 10.1. The summed E-state index contributed by atoms with van der Waals surface area (Å²) in [6.45, 7) is 2.83. The van der Waals surface area contributed by atoms with Crippen molar-refractivity contribution >= 4 is 9.84 Å². The van der Waals surface area contributed by atoms with E-state index in [1.807, 2.05) is 18.2 Å². The molecule has 1 N–H and O–H groups in total. The van der Waals surface area contributed by atoms with Gasteiger partial charge in [-0.25, -0.2) is 8.42 Å². The molecule has 1 aliphatic rings. The van der Waals surface area contributed by atoms with E-state index in [0.717, 1.165) is 12.1 Å². The molecule has 1 atom stereocenters. The van der Waals surface area contributed by atoms with Crippen molar-refractivity contribution in [3.8, 4) is 0 Å². The summed E-state index contributed by atoms with van der Waals surface area (Å²) < 4.78 is 24.2. The van der Waals surface area contributed by atoms with Gasteiger partial charge in [-0.3, -0.25) is 0 Å². The van der Waals surface area contributed by atoms with E-state index in [1.165, 1.54) is 11.1 Å².